The van der Waals surface area contributed by atoms with Gasteiger partial charge in [-0.2, -0.15) is 4.37 Å². The van der Waals surface area contributed by atoms with E-state index in [1.165, 1.54) is 16.4 Å². The van der Waals surface area contributed by atoms with Gasteiger partial charge in [0.1, 0.15) is 5.82 Å². The van der Waals surface area contributed by atoms with E-state index >= 15 is 0 Å². The Morgan fingerprint density at radius 1 is 1.38 bits per heavy atom. The molecular formula is C11H15N3S2. The molecule has 0 saturated carbocycles. The third-order valence-corrected chi connectivity index (χ3v) is 4.03. The minimum Gasteiger partial charge on any atom is -0.342 e. The summed E-state index contributed by atoms with van der Waals surface area (Å²) in [4.78, 5) is 8.16. The Balaban J connectivity index is 2.10. The normalized spacial score (nSPS) is 10.6. The van der Waals surface area contributed by atoms with Gasteiger partial charge in [-0.1, -0.05) is 13.0 Å². The van der Waals surface area contributed by atoms with Crippen molar-refractivity contribution in [3.05, 3.63) is 28.2 Å². The van der Waals surface area contributed by atoms with Gasteiger partial charge in [0.25, 0.3) is 0 Å². The zero-order chi connectivity index (χ0) is 11.4. The first kappa shape index (κ1) is 11.5. The predicted molar refractivity (Wildman–Crippen MR) is 70.3 cm³/mol. The molecule has 0 bridgehead atoms. The predicted octanol–water partition coefficient (Wildman–Crippen LogP) is 3.19. The Morgan fingerprint density at radius 2 is 2.25 bits per heavy atom. The molecule has 2 heterocycles. The summed E-state index contributed by atoms with van der Waals surface area (Å²) in [6.07, 6.45) is 0.910. The molecule has 16 heavy (non-hydrogen) atoms. The average Bonchev–Trinajstić information content (AvgIpc) is 2.96. The molecule has 5 heteroatoms. The Labute approximate surface area is 104 Å². The van der Waals surface area contributed by atoms with E-state index in [4.69, 9.17) is 0 Å². The summed E-state index contributed by atoms with van der Waals surface area (Å²) in [5.41, 5.74) is 0. The highest BCUT2D eigenvalue weighted by molar-refractivity contribution is 7.10. The topological polar surface area (TPSA) is 29.0 Å². The van der Waals surface area contributed by atoms with Gasteiger partial charge in [-0.3, -0.25) is 0 Å². The maximum atomic E-state index is 4.52. The van der Waals surface area contributed by atoms with Gasteiger partial charge >= 0.3 is 0 Å². The molecule has 0 saturated heterocycles. The second-order valence-electron chi connectivity index (χ2n) is 3.44. The number of anilines is 1. The van der Waals surface area contributed by atoms with Gasteiger partial charge in [0.15, 0.2) is 0 Å². The number of aromatic nitrogens is 2. The van der Waals surface area contributed by atoms with Crippen LogP contribution in [-0.4, -0.2) is 15.9 Å². The molecule has 2 aromatic rings. The molecule has 2 rings (SSSR count). The van der Waals surface area contributed by atoms with E-state index in [9.17, 15) is 0 Å². The summed E-state index contributed by atoms with van der Waals surface area (Å²) < 4.78 is 4.33. The monoisotopic (exact) mass is 253 g/mol. The molecule has 0 fully saturated rings. The standard InChI is InChI=1S/C11H15N3S2/c1-3-10-12-11(16-13-10)14(4-2)8-9-6-5-7-15-9/h5-7H,3-4,8H2,1-2H3. The molecule has 2 aromatic heterocycles. The van der Waals surface area contributed by atoms with Crippen molar-refractivity contribution in [2.75, 3.05) is 11.4 Å². The van der Waals surface area contributed by atoms with E-state index in [1.54, 1.807) is 11.3 Å². The lowest BCUT2D eigenvalue weighted by Gasteiger charge is -2.17. The third kappa shape index (κ3) is 2.59. The van der Waals surface area contributed by atoms with E-state index in [0.717, 1.165) is 30.5 Å². The van der Waals surface area contributed by atoms with Crippen molar-refractivity contribution in [3.8, 4) is 0 Å². The van der Waals surface area contributed by atoms with E-state index in [2.05, 4.69) is 45.6 Å². The fourth-order valence-corrected chi connectivity index (χ4v) is 2.95. The average molecular weight is 253 g/mol. The molecule has 0 spiro atoms. The molecular weight excluding hydrogens is 238 g/mol. The lowest BCUT2D eigenvalue weighted by atomic mass is 10.4. The number of hydrogen-bond donors (Lipinski definition) is 0. The fraction of sp³-hybridized carbons (Fsp3) is 0.455. The van der Waals surface area contributed by atoms with Gasteiger partial charge in [0.2, 0.25) is 5.13 Å². The quantitative estimate of drug-likeness (QED) is 0.819. The lowest BCUT2D eigenvalue weighted by Crippen LogP contribution is -2.21. The van der Waals surface area contributed by atoms with Crippen LogP contribution in [0.3, 0.4) is 0 Å². The largest absolute Gasteiger partial charge is 0.342 e. The molecule has 0 unspecified atom stereocenters. The smallest absolute Gasteiger partial charge is 0.205 e. The summed E-state index contributed by atoms with van der Waals surface area (Å²) in [6, 6.07) is 4.25. The van der Waals surface area contributed by atoms with Crippen LogP contribution >= 0.6 is 22.9 Å². The number of rotatable bonds is 5. The summed E-state index contributed by atoms with van der Waals surface area (Å²) >= 11 is 3.29. The number of nitrogens with zero attached hydrogens (tertiary/aromatic N) is 3. The van der Waals surface area contributed by atoms with Crippen LogP contribution < -0.4 is 4.90 Å². The maximum Gasteiger partial charge on any atom is 0.205 e. The van der Waals surface area contributed by atoms with E-state index in [-0.39, 0.29) is 0 Å². The molecule has 0 aliphatic heterocycles. The lowest BCUT2D eigenvalue weighted by molar-refractivity contribution is 0.829. The highest BCUT2D eigenvalue weighted by atomic mass is 32.1. The van der Waals surface area contributed by atoms with Gasteiger partial charge in [-0.05, 0) is 18.4 Å². The van der Waals surface area contributed by atoms with Crippen LogP contribution in [-0.2, 0) is 13.0 Å². The van der Waals surface area contributed by atoms with Crippen molar-refractivity contribution in [1.82, 2.24) is 9.36 Å². The van der Waals surface area contributed by atoms with Crippen molar-refractivity contribution in [3.63, 3.8) is 0 Å². The Hall–Kier alpha value is -0.940. The van der Waals surface area contributed by atoms with E-state index in [0.29, 0.717) is 0 Å². The van der Waals surface area contributed by atoms with Crippen LogP contribution in [0, 0.1) is 0 Å². The molecule has 3 nitrogen and oxygen atoms in total. The molecule has 0 atom stereocenters. The first-order chi connectivity index (χ1) is 7.83. The molecule has 86 valence electrons. The van der Waals surface area contributed by atoms with Crippen molar-refractivity contribution in [2.45, 2.75) is 26.8 Å². The van der Waals surface area contributed by atoms with Gasteiger partial charge in [-0.15, -0.1) is 11.3 Å². The Kier molecular flexibility index (Phi) is 3.90. The molecule has 0 aliphatic carbocycles. The van der Waals surface area contributed by atoms with Crippen LogP contribution in [0.15, 0.2) is 17.5 Å². The molecule has 0 amide bonds. The molecule has 0 N–H and O–H groups in total. The second-order valence-corrected chi connectivity index (χ2v) is 5.20. The summed E-state index contributed by atoms with van der Waals surface area (Å²) in [5, 5.41) is 3.15. The minimum atomic E-state index is 0.910. The van der Waals surface area contributed by atoms with Crippen molar-refractivity contribution < 1.29 is 0 Å². The number of thiophene rings is 1. The minimum absolute atomic E-state index is 0.910. The van der Waals surface area contributed by atoms with Gasteiger partial charge < -0.3 is 4.90 Å². The third-order valence-electron chi connectivity index (χ3n) is 2.35. The van der Waals surface area contributed by atoms with Crippen molar-refractivity contribution in [1.29, 1.82) is 0 Å². The fourth-order valence-electron chi connectivity index (χ4n) is 1.42. The SMILES string of the molecule is CCc1nsc(N(CC)Cc2cccs2)n1. The Bertz CT molecular complexity index is 422. The van der Waals surface area contributed by atoms with Gasteiger partial charge in [0.05, 0.1) is 6.54 Å². The number of aryl methyl sites for hydroxylation is 1. The summed E-state index contributed by atoms with van der Waals surface area (Å²) in [5.74, 6) is 0.949. The Morgan fingerprint density at radius 3 is 2.81 bits per heavy atom. The highest BCUT2D eigenvalue weighted by Crippen LogP contribution is 2.21. The van der Waals surface area contributed by atoms with Crippen LogP contribution in [0.4, 0.5) is 5.13 Å². The maximum absolute atomic E-state index is 4.52. The zero-order valence-corrected chi connectivity index (χ0v) is 11.1. The van der Waals surface area contributed by atoms with Crippen molar-refractivity contribution >= 4 is 28.0 Å². The highest BCUT2D eigenvalue weighted by Gasteiger charge is 2.11. The van der Waals surface area contributed by atoms with Crippen LogP contribution in [0.5, 0.6) is 0 Å². The van der Waals surface area contributed by atoms with Crippen molar-refractivity contribution in [2.24, 2.45) is 0 Å². The first-order valence-electron chi connectivity index (χ1n) is 5.43. The van der Waals surface area contributed by atoms with E-state index in [1.807, 2.05) is 0 Å². The van der Waals surface area contributed by atoms with Crippen LogP contribution in [0.2, 0.25) is 0 Å². The molecule has 0 aliphatic rings. The summed E-state index contributed by atoms with van der Waals surface area (Å²) in [6.45, 7) is 6.14. The second kappa shape index (κ2) is 5.41. The van der Waals surface area contributed by atoms with E-state index < -0.39 is 0 Å². The van der Waals surface area contributed by atoms with Gasteiger partial charge in [0, 0.05) is 29.4 Å². The number of hydrogen-bond acceptors (Lipinski definition) is 5. The van der Waals surface area contributed by atoms with Gasteiger partial charge in [-0.25, -0.2) is 4.98 Å². The summed E-state index contributed by atoms with van der Waals surface area (Å²) in [7, 11) is 0. The van der Waals surface area contributed by atoms with Crippen LogP contribution in [0.25, 0.3) is 0 Å². The van der Waals surface area contributed by atoms with Crippen LogP contribution in [0.1, 0.15) is 24.5 Å². The molecule has 0 radical (unpaired) electrons. The molecule has 0 aromatic carbocycles. The zero-order valence-electron chi connectivity index (χ0n) is 9.51. The first-order valence-corrected chi connectivity index (χ1v) is 7.08.